The number of hydrogen-bond donors (Lipinski definition) is 1. The highest BCUT2D eigenvalue weighted by Gasteiger charge is 2.39. The highest BCUT2D eigenvalue weighted by Crippen LogP contribution is 2.38. The highest BCUT2D eigenvalue weighted by atomic mass is 79.9. The second-order valence-electron chi connectivity index (χ2n) is 4.07. The quantitative estimate of drug-likeness (QED) is 0.926. The lowest BCUT2D eigenvalue weighted by Gasteiger charge is -2.34. The van der Waals surface area contributed by atoms with Gasteiger partial charge in [0.25, 0.3) is 5.89 Å². The third-order valence-electron chi connectivity index (χ3n) is 2.93. The van der Waals surface area contributed by atoms with Gasteiger partial charge in [0.2, 0.25) is 0 Å². The summed E-state index contributed by atoms with van der Waals surface area (Å²) < 4.78 is 6.28. The van der Waals surface area contributed by atoms with Crippen LogP contribution < -0.4 is 5.73 Å². The zero-order valence-corrected chi connectivity index (χ0v) is 10.8. The van der Waals surface area contributed by atoms with Gasteiger partial charge in [-0.15, -0.1) is 11.3 Å². The molecule has 0 bridgehead atoms. The summed E-state index contributed by atoms with van der Waals surface area (Å²) in [6.45, 7) is 0. The minimum atomic E-state index is -0.352. The van der Waals surface area contributed by atoms with E-state index in [1.165, 1.54) is 0 Å². The summed E-state index contributed by atoms with van der Waals surface area (Å²) in [6.07, 6.45) is 3.03. The van der Waals surface area contributed by atoms with E-state index in [9.17, 15) is 0 Å². The van der Waals surface area contributed by atoms with Gasteiger partial charge in [0.1, 0.15) is 0 Å². The molecule has 2 aromatic rings. The minimum Gasteiger partial charge on any atom is -0.334 e. The summed E-state index contributed by atoms with van der Waals surface area (Å²) >= 11 is 5.00. The third-order valence-corrected chi connectivity index (χ3v) is 4.44. The Morgan fingerprint density at radius 2 is 2.31 bits per heavy atom. The van der Waals surface area contributed by atoms with E-state index < -0.39 is 0 Å². The molecule has 1 saturated carbocycles. The molecule has 0 aliphatic heterocycles. The molecule has 4 nitrogen and oxygen atoms in total. The maximum atomic E-state index is 6.13. The molecule has 2 N–H and O–H groups in total. The zero-order chi connectivity index (χ0) is 11.2. The van der Waals surface area contributed by atoms with Crippen LogP contribution in [0.2, 0.25) is 0 Å². The number of halogens is 1. The van der Waals surface area contributed by atoms with Gasteiger partial charge in [0.05, 0.1) is 14.9 Å². The van der Waals surface area contributed by atoms with Gasteiger partial charge >= 0.3 is 0 Å². The first-order valence-corrected chi connectivity index (χ1v) is 6.72. The van der Waals surface area contributed by atoms with Crippen molar-refractivity contribution in [2.45, 2.75) is 24.8 Å². The molecular formula is C10H10BrN3OS. The maximum absolute atomic E-state index is 6.13. The normalized spacial score (nSPS) is 18.4. The lowest BCUT2D eigenvalue weighted by Crippen LogP contribution is -2.44. The molecule has 84 valence electrons. The van der Waals surface area contributed by atoms with Crippen LogP contribution in [0.3, 0.4) is 0 Å². The molecule has 0 atom stereocenters. The molecule has 1 aliphatic rings. The fourth-order valence-corrected chi connectivity index (χ4v) is 2.88. The molecule has 6 heteroatoms. The van der Waals surface area contributed by atoms with E-state index in [-0.39, 0.29) is 5.54 Å². The average Bonchev–Trinajstić information content (AvgIpc) is 2.82. The van der Waals surface area contributed by atoms with Crippen LogP contribution in [0.4, 0.5) is 0 Å². The monoisotopic (exact) mass is 299 g/mol. The van der Waals surface area contributed by atoms with Gasteiger partial charge in [-0.05, 0) is 41.3 Å². The van der Waals surface area contributed by atoms with E-state index >= 15 is 0 Å². The Kier molecular flexibility index (Phi) is 2.38. The van der Waals surface area contributed by atoms with E-state index in [0.29, 0.717) is 11.7 Å². The van der Waals surface area contributed by atoms with Crippen LogP contribution >= 0.6 is 27.3 Å². The van der Waals surface area contributed by atoms with Crippen LogP contribution in [-0.4, -0.2) is 10.1 Å². The first-order chi connectivity index (χ1) is 7.67. The van der Waals surface area contributed by atoms with Crippen LogP contribution in [0.5, 0.6) is 0 Å². The van der Waals surface area contributed by atoms with E-state index in [1.54, 1.807) is 11.3 Å². The highest BCUT2D eigenvalue weighted by molar-refractivity contribution is 9.11. The van der Waals surface area contributed by atoms with Gasteiger partial charge in [0, 0.05) is 5.38 Å². The number of aromatic nitrogens is 2. The Hall–Kier alpha value is -0.720. The first kappa shape index (κ1) is 10.4. The molecule has 2 aromatic heterocycles. The number of nitrogens with two attached hydrogens (primary N) is 1. The van der Waals surface area contributed by atoms with Gasteiger partial charge in [-0.3, -0.25) is 0 Å². The second-order valence-corrected chi connectivity index (χ2v) is 6.36. The summed E-state index contributed by atoms with van der Waals surface area (Å²) in [7, 11) is 0. The molecular weight excluding hydrogens is 290 g/mol. The molecule has 16 heavy (non-hydrogen) atoms. The molecule has 1 fully saturated rings. The second kappa shape index (κ2) is 3.65. The molecule has 0 amide bonds. The van der Waals surface area contributed by atoms with Crippen molar-refractivity contribution < 1.29 is 4.52 Å². The molecule has 2 heterocycles. The van der Waals surface area contributed by atoms with E-state index in [2.05, 4.69) is 26.1 Å². The summed E-state index contributed by atoms with van der Waals surface area (Å²) in [5.41, 5.74) is 6.72. The molecule has 0 unspecified atom stereocenters. The number of nitrogens with zero attached hydrogens (tertiary/aromatic N) is 2. The van der Waals surface area contributed by atoms with Gasteiger partial charge < -0.3 is 10.3 Å². The first-order valence-electron chi connectivity index (χ1n) is 5.05. The van der Waals surface area contributed by atoms with E-state index in [4.69, 9.17) is 10.3 Å². The van der Waals surface area contributed by atoms with Gasteiger partial charge in [-0.25, -0.2) is 0 Å². The van der Waals surface area contributed by atoms with Gasteiger partial charge in [-0.2, -0.15) is 4.98 Å². The Balaban J connectivity index is 1.93. The fraction of sp³-hybridized carbons (Fsp3) is 0.400. The van der Waals surface area contributed by atoms with Crippen molar-refractivity contribution in [3.05, 3.63) is 21.1 Å². The van der Waals surface area contributed by atoms with Crippen LogP contribution in [0.1, 0.15) is 25.1 Å². The zero-order valence-electron chi connectivity index (χ0n) is 8.44. The largest absolute Gasteiger partial charge is 0.334 e. The Morgan fingerprint density at radius 3 is 2.88 bits per heavy atom. The lowest BCUT2D eigenvalue weighted by atomic mass is 9.77. The van der Waals surface area contributed by atoms with Crippen molar-refractivity contribution in [1.82, 2.24) is 10.1 Å². The van der Waals surface area contributed by atoms with Crippen molar-refractivity contribution in [1.29, 1.82) is 0 Å². The van der Waals surface area contributed by atoms with Crippen LogP contribution in [0.15, 0.2) is 19.8 Å². The van der Waals surface area contributed by atoms with Crippen molar-refractivity contribution in [3.63, 3.8) is 0 Å². The summed E-state index contributed by atoms with van der Waals surface area (Å²) in [4.78, 5) is 4.37. The van der Waals surface area contributed by atoms with Gasteiger partial charge in [0.15, 0.2) is 5.82 Å². The number of rotatable bonds is 2. The fourth-order valence-electron chi connectivity index (χ4n) is 1.75. The van der Waals surface area contributed by atoms with Crippen molar-refractivity contribution in [3.8, 4) is 11.5 Å². The smallest absolute Gasteiger partial charge is 0.258 e. The molecule has 1 aliphatic carbocycles. The lowest BCUT2D eigenvalue weighted by molar-refractivity contribution is 0.229. The van der Waals surface area contributed by atoms with Crippen LogP contribution in [0.25, 0.3) is 11.5 Å². The summed E-state index contributed by atoms with van der Waals surface area (Å²) in [5.74, 6) is 1.18. The standard InChI is InChI=1S/C10H10BrN3OS/c11-7-4-6(5-16-7)8-13-9(14-15-8)10(12)2-1-3-10/h4-5H,1-3,12H2. The van der Waals surface area contributed by atoms with Crippen LogP contribution in [0, 0.1) is 0 Å². The maximum Gasteiger partial charge on any atom is 0.258 e. The Labute approximate surface area is 105 Å². The Morgan fingerprint density at radius 1 is 1.50 bits per heavy atom. The predicted octanol–water partition coefficient (Wildman–Crippen LogP) is 2.90. The van der Waals surface area contributed by atoms with E-state index in [1.807, 2.05) is 11.4 Å². The molecule has 0 radical (unpaired) electrons. The minimum absolute atomic E-state index is 0.352. The number of thiophene rings is 1. The Bertz CT molecular complexity index is 518. The van der Waals surface area contributed by atoms with Crippen molar-refractivity contribution >= 4 is 27.3 Å². The summed E-state index contributed by atoms with van der Waals surface area (Å²) in [6, 6.07) is 1.96. The van der Waals surface area contributed by atoms with Gasteiger partial charge in [-0.1, -0.05) is 5.16 Å². The van der Waals surface area contributed by atoms with Crippen molar-refractivity contribution in [2.24, 2.45) is 5.73 Å². The number of hydrogen-bond acceptors (Lipinski definition) is 5. The third kappa shape index (κ3) is 1.61. The van der Waals surface area contributed by atoms with Crippen LogP contribution in [-0.2, 0) is 5.54 Å². The summed E-state index contributed by atoms with van der Waals surface area (Å²) in [5, 5.41) is 5.95. The molecule has 0 saturated heterocycles. The molecule has 3 rings (SSSR count). The van der Waals surface area contributed by atoms with E-state index in [0.717, 1.165) is 28.6 Å². The molecule has 0 spiro atoms. The topological polar surface area (TPSA) is 64.9 Å². The van der Waals surface area contributed by atoms with Crippen molar-refractivity contribution in [2.75, 3.05) is 0 Å². The average molecular weight is 300 g/mol. The predicted molar refractivity (Wildman–Crippen MR) is 65.0 cm³/mol. The molecule has 0 aromatic carbocycles. The SMILES string of the molecule is NC1(c2noc(-c3csc(Br)c3)n2)CCC1.